The Kier molecular flexibility index (Phi) is 12.1. The molecule has 2 N–H and O–H groups in total. The molecule has 15 heteroatoms. The van der Waals surface area contributed by atoms with Crippen LogP contribution in [0, 0.1) is 11.8 Å². The minimum absolute atomic E-state index is 0.102. The number of benzene rings is 2. The summed E-state index contributed by atoms with van der Waals surface area (Å²) in [4.78, 5) is 33.9. The predicted octanol–water partition coefficient (Wildman–Crippen LogP) is 3.47. The number of ether oxygens (including phenoxy) is 3. The van der Waals surface area contributed by atoms with Gasteiger partial charge < -0.3 is 29.1 Å². The van der Waals surface area contributed by atoms with Gasteiger partial charge in [-0.3, -0.25) is 14.5 Å². The molecular weight excluding hydrogens is 758 g/mol. The average Bonchev–Trinajstić information content (AvgIpc) is 3.28. The van der Waals surface area contributed by atoms with Crippen molar-refractivity contribution < 1.29 is 37.3 Å². The molecule has 2 aromatic carbocycles. The first-order chi connectivity index (χ1) is 26.7. The van der Waals surface area contributed by atoms with Crippen molar-refractivity contribution in [3.8, 4) is 5.75 Å². The smallest absolute Gasteiger partial charge is 0.303 e. The molecule has 0 radical (unpaired) electrons. The molecule has 0 aromatic heterocycles. The van der Waals surface area contributed by atoms with Gasteiger partial charge in [-0.2, -0.15) is 12.7 Å². The van der Waals surface area contributed by atoms with E-state index in [9.17, 15) is 23.1 Å². The van der Waals surface area contributed by atoms with Gasteiger partial charge in [0.2, 0.25) is 5.91 Å². The first-order valence-corrected chi connectivity index (χ1v) is 21.6. The molecule has 306 valence electrons. The second-order valence-electron chi connectivity index (χ2n) is 16.5. The molecule has 5 aliphatic rings. The van der Waals surface area contributed by atoms with Crippen molar-refractivity contribution in [2.75, 3.05) is 85.6 Å². The van der Waals surface area contributed by atoms with Crippen molar-refractivity contribution in [2.24, 2.45) is 11.8 Å². The van der Waals surface area contributed by atoms with E-state index in [1.165, 1.54) is 30.1 Å². The van der Waals surface area contributed by atoms with Crippen LogP contribution in [0.4, 0.5) is 5.69 Å². The Morgan fingerprint density at radius 1 is 1.14 bits per heavy atom. The summed E-state index contributed by atoms with van der Waals surface area (Å²) in [5.74, 6) is -0.603. The fraction of sp³-hybridized carbons (Fsp3) is 0.610. The molecule has 5 atom stereocenters. The van der Waals surface area contributed by atoms with Crippen molar-refractivity contribution in [3.63, 3.8) is 0 Å². The highest BCUT2D eigenvalue weighted by molar-refractivity contribution is 7.87. The van der Waals surface area contributed by atoms with Crippen LogP contribution < -0.4 is 14.4 Å². The van der Waals surface area contributed by atoms with Gasteiger partial charge in [0.15, 0.2) is 5.60 Å². The maximum absolute atomic E-state index is 14.0. The fourth-order valence-corrected chi connectivity index (χ4v) is 9.77. The lowest BCUT2D eigenvalue weighted by molar-refractivity contribution is -0.148. The number of rotatable bonds is 8. The van der Waals surface area contributed by atoms with Gasteiger partial charge in [-0.25, -0.2) is 4.72 Å². The van der Waals surface area contributed by atoms with E-state index < -0.39 is 34.0 Å². The van der Waals surface area contributed by atoms with E-state index >= 15 is 0 Å². The number of carbonyl (C=O) groups excluding carboxylic acids is 2. The third-order valence-corrected chi connectivity index (χ3v) is 14.4. The third-order valence-electron chi connectivity index (χ3n) is 12.7. The van der Waals surface area contributed by atoms with Gasteiger partial charge in [0, 0.05) is 78.0 Å². The number of halogens is 1. The quantitative estimate of drug-likeness (QED) is 0.381. The number of nitrogens with one attached hydrogen (secondary N) is 1. The minimum atomic E-state index is -4.30. The van der Waals surface area contributed by atoms with Crippen LogP contribution in [0.5, 0.6) is 5.75 Å². The zero-order valence-electron chi connectivity index (χ0n) is 32.9. The monoisotopic (exact) mass is 813 g/mol. The Bertz CT molecular complexity index is 1920. The number of fused-ring (bicyclic) bond motifs is 4. The molecule has 2 amide bonds. The Morgan fingerprint density at radius 2 is 1.95 bits per heavy atom. The van der Waals surface area contributed by atoms with Crippen LogP contribution in [0.2, 0.25) is 5.02 Å². The van der Waals surface area contributed by atoms with E-state index in [0.717, 1.165) is 56.0 Å². The lowest BCUT2D eigenvalue weighted by Gasteiger charge is -2.46. The summed E-state index contributed by atoms with van der Waals surface area (Å²) in [6.07, 6.45) is 9.06. The Hall–Kier alpha value is -3.24. The van der Waals surface area contributed by atoms with E-state index in [0.29, 0.717) is 55.7 Å². The van der Waals surface area contributed by atoms with Crippen LogP contribution in [0.25, 0.3) is 0 Å². The van der Waals surface area contributed by atoms with E-state index in [4.69, 9.17) is 25.8 Å². The number of nitrogens with zero attached hydrogens (tertiary/aromatic N) is 4. The summed E-state index contributed by atoms with van der Waals surface area (Å²) in [5, 5.41) is 13.0. The van der Waals surface area contributed by atoms with Crippen molar-refractivity contribution >= 4 is 39.3 Å². The first kappa shape index (κ1) is 40.9. The number of hydrogen-bond donors (Lipinski definition) is 2. The molecule has 13 nitrogen and oxygen atoms in total. The van der Waals surface area contributed by atoms with E-state index in [1.54, 1.807) is 32.4 Å². The lowest BCUT2D eigenvalue weighted by atomic mass is 9.68. The van der Waals surface area contributed by atoms with Gasteiger partial charge in [-0.1, -0.05) is 35.9 Å². The van der Waals surface area contributed by atoms with Crippen molar-refractivity contribution in [1.82, 2.24) is 18.8 Å². The average molecular weight is 814 g/mol. The summed E-state index contributed by atoms with van der Waals surface area (Å²) >= 11 is 6.49. The van der Waals surface area contributed by atoms with Gasteiger partial charge in [0.05, 0.1) is 37.5 Å². The second kappa shape index (κ2) is 16.6. The fourth-order valence-electron chi connectivity index (χ4n) is 8.99. The summed E-state index contributed by atoms with van der Waals surface area (Å²) in [7, 11) is 1.63. The molecule has 1 saturated heterocycles. The molecule has 1 saturated carbocycles. The Morgan fingerprint density at radius 3 is 2.68 bits per heavy atom. The van der Waals surface area contributed by atoms with Crippen molar-refractivity contribution in [2.45, 2.75) is 68.2 Å². The second-order valence-corrected chi connectivity index (χ2v) is 18.8. The van der Waals surface area contributed by atoms with Crippen LogP contribution >= 0.6 is 11.6 Å². The van der Waals surface area contributed by atoms with E-state index in [1.807, 2.05) is 10.8 Å². The highest BCUT2D eigenvalue weighted by Crippen LogP contribution is 2.48. The van der Waals surface area contributed by atoms with E-state index in [-0.39, 0.29) is 35.0 Å². The molecule has 2 aliphatic carbocycles. The molecule has 1 spiro atoms. The topological polar surface area (TPSA) is 141 Å². The minimum Gasteiger partial charge on any atom is -0.490 e. The van der Waals surface area contributed by atoms with Gasteiger partial charge in [-0.15, -0.1) is 0 Å². The molecule has 3 heterocycles. The normalized spacial score (nSPS) is 28.8. The molecule has 0 unspecified atom stereocenters. The number of carbonyl (C=O) groups is 2. The maximum atomic E-state index is 14.0. The highest BCUT2D eigenvalue weighted by Gasteiger charge is 2.47. The number of aliphatic hydroxyl groups is 1. The van der Waals surface area contributed by atoms with E-state index in [2.05, 4.69) is 34.1 Å². The lowest BCUT2D eigenvalue weighted by Crippen LogP contribution is -2.53. The number of anilines is 1. The number of hydrogen-bond acceptors (Lipinski definition) is 10. The third kappa shape index (κ3) is 8.34. The van der Waals surface area contributed by atoms with Crippen LogP contribution in [-0.4, -0.2) is 132 Å². The zero-order chi connectivity index (χ0) is 39.8. The van der Waals surface area contributed by atoms with Gasteiger partial charge in [-0.05, 0) is 91.3 Å². The van der Waals surface area contributed by atoms with Crippen LogP contribution in [-0.2, 0) is 46.7 Å². The predicted molar refractivity (Wildman–Crippen MR) is 214 cm³/mol. The van der Waals surface area contributed by atoms with Crippen molar-refractivity contribution in [3.05, 3.63) is 70.3 Å². The van der Waals surface area contributed by atoms with Gasteiger partial charge in [0.25, 0.3) is 5.91 Å². The maximum Gasteiger partial charge on any atom is 0.303 e. The van der Waals surface area contributed by atoms with Crippen LogP contribution in [0.3, 0.4) is 0 Å². The highest BCUT2D eigenvalue weighted by atomic mass is 35.5. The molecule has 7 rings (SSSR count). The van der Waals surface area contributed by atoms with Crippen LogP contribution in [0.15, 0.2) is 48.6 Å². The largest absolute Gasteiger partial charge is 0.490 e. The molecule has 2 fully saturated rings. The number of methoxy groups -OCH3 is 1. The van der Waals surface area contributed by atoms with Crippen LogP contribution in [0.1, 0.15) is 55.2 Å². The van der Waals surface area contributed by atoms with Gasteiger partial charge >= 0.3 is 10.2 Å². The molecule has 2 aromatic rings. The standard InChI is InChI=1S/C41H56ClN5O8S/c1-44(2)56(51,52)43-39(49)41(50)22-38(48)45(3)17-6-5-9-36(54-19-18-46-24-32(25-46)53-4)33-13-10-29(33)23-47-26-40(27-55-37-15-11-30(41)21-35(37)47)16-7-8-28-20-31(42)12-14-34(28)40/h5,9,11-12,14-15,20-21,29,32-33,36,50H,6-8,10,13,16-19,22-27H2,1-4H3,(H,43,49)/t29-,33+,36-,40-,41+/m0/s1. The summed E-state index contributed by atoms with van der Waals surface area (Å²) < 4.78 is 47.5. The number of aryl methyl sites for hydroxylation is 1. The number of amides is 2. The molecular formula is C41H56ClN5O8S. The summed E-state index contributed by atoms with van der Waals surface area (Å²) in [5.41, 5.74) is 0.323. The molecule has 3 aliphatic heterocycles. The van der Waals surface area contributed by atoms with Gasteiger partial charge in [0.1, 0.15) is 5.75 Å². The Balaban J connectivity index is 1.27. The SMILES string of the molecule is COC1CN(CCO[C@H]2C=CCCN(C)C(=O)C[C@](O)(C(=O)NS(=O)(=O)N(C)C)c3ccc4c(c3)N(C[C@@H]3CC[C@H]32)C[C@@]2(CCCc3cc(Cl)ccc32)CO4)C1. The number of likely N-dealkylation sites (tertiary alicyclic amines) is 1. The first-order valence-electron chi connectivity index (χ1n) is 19.8. The zero-order valence-corrected chi connectivity index (χ0v) is 34.5. The van der Waals surface area contributed by atoms with Crippen molar-refractivity contribution in [1.29, 1.82) is 0 Å². The summed E-state index contributed by atoms with van der Waals surface area (Å²) in [6.45, 7) is 5.28. The summed E-state index contributed by atoms with van der Waals surface area (Å²) in [6, 6.07) is 11.1. The molecule has 56 heavy (non-hydrogen) atoms. The molecule has 2 bridgehead atoms. The Labute approximate surface area is 336 Å².